The van der Waals surface area contributed by atoms with Gasteiger partial charge in [0.05, 0.1) is 17.0 Å². The lowest BCUT2D eigenvalue weighted by Gasteiger charge is -2.38. The molecule has 0 spiro atoms. The monoisotopic (exact) mass is 475 g/mol. The van der Waals surface area contributed by atoms with Crippen LogP contribution in [0.2, 0.25) is 0 Å². The quantitative estimate of drug-likeness (QED) is 0.657. The molecule has 3 amide bonds. The number of carbonyl (C=O) groups excluding carboxylic acids is 3. The van der Waals surface area contributed by atoms with E-state index < -0.39 is 27.9 Å². The van der Waals surface area contributed by atoms with Crippen LogP contribution in [0.4, 0.5) is 5.69 Å². The zero-order valence-electron chi connectivity index (χ0n) is 19.7. The number of anilines is 1. The van der Waals surface area contributed by atoms with Crippen molar-refractivity contribution < 1.29 is 22.8 Å². The number of imide groups is 1. The number of nitrogens with zero attached hydrogens (tertiary/aromatic N) is 2. The fraction of sp³-hybridized carbons (Fsp3) is 0.625. The molecule has 1 aromatic rings. The topological polar surface area (TPSA) is 118 Å². The molecule has 2 saturated carbocycles. The highest BCUT2D eigenvalue weighted by Gasteiger charge is 2.69. The summed E-state index contributed by atoms with van der Waals surface area (Å²) in [6.07, 6.45) is 4.71. The highest BCUT2D eigenvalue weighted by Crippen LogP contribution is 2.69. The first-order chi connectivity index (χ1) is 15.3. The van der Waals surface area contributed by atoms with E-state index in [0.717, 1.165) is 37.0 Å². The van der Waals surface area contributed by atoms with Crippen molar-refractivity contribution in [2.75, 3.05) is 4.90 Å². The molecule has 3 fully saturated rings. The summed E-state index contributed by atoms with van der Waals surface area (Å²) in [7, 11) is -3.89. The summed E-state index contributed by atoms with van der Waals surface area (Å²) in [5, 5.41) is 5.15. The first-order valence-corrected chi connectivity index (χ1v) is 13.1. The number of primary sulfonamides is 1. The van der Waals surface area contributed by atoms with Crippen LogP contribution < -0.4 is 10.0 Å². The number of hydrogen-bond acceptors (Lipinski definition) is 5. The summed E-state index contributed by atoms with van der Waals surface area (Å²) in [4.78, 5) is 43.0. The van der Waals surface area contributed by atoms with Gasteiger partial charge in [0.15, 0.2) is 0 Å². The lowest BCUT2D eigenvalue weighted by molar-refractivity contribution is -0.144. The van der Waals surface area contributed by atoms with E-state index in [1.165, 1.54) is 24.3 Å². The van der Waals surface area contributed by atoms with E-state index in [4.69, 9.17) is 5.14 Å². The molecule has 1 aliphatic heterocycles. The van der Waals surface area contributed by atoms with Crippen molar-refractivity contribution in [2.45, 2.75) is 83.2 Å². The fourth-order valence-corrected chi connectivity index (χ4v) is 6.31. The lowest BCUT2D eigenvalue weighted by atomic mass is 9.92. The molecule has 4 rings (SSSR count). The SMILES string of the molecule is CC1(C)C(C(=O)N(C2CCCCC2)C2CC(=O)N(c3ccc(S(N)(=O)=O)cc3)C2=O)C1(C)C. The Morgan fingerprint density at radius 1 is 1.00 bits per heavy atom. The molecule has 180 valence electrons. The van der Waals surface area contributed by atoms with Gasteiger partial charge < -0.3 is 4.90 Å². The van der Waals surface area contributed by atoms with Crippen LogP contribution in [-0.4, -0.2) is 43.1 Å². The lowest BCUT2D eigenvalue weighted by Crippen LogP contribution is -2.52. The van der Waals surface area contributed by atoms with Crippen LogP contribution >= 0.6 is 0 Å². The van der Waals surface area contributed by atoms with Gasteiger partial charge in [-0.2, -0.15) is 0 Å². The van der Waals surface area contributed by atoms with Gasteiger partial charge in [0.25, 0.3) is 5.91 Å². The molecule has 2 N–H and O–H groups in total. The van der Waals surface area contributed by atoms with Gasteiger partial charge in [-0.3, -0.25) is 14.4 Å². The minimum atomic E-state index is -3.89. The number of amides is 3. The van der Waals surface area contributed by atoms with Gasteiger partial charge in [-0.1, -0.05) is 47.0 Å². The summed E-state index contributed by atoms with van der Waals surface area (Å²) < 4.78 is 23.1. The zero-order chi connectivity index (χ0) is 24.3. The van der Waals surface area contributed by atoms with Crippen LogP contribution in [0.1, 0.15) is 66.2 Å². The Morgan fingerprint density at radius 2 is 1.55 bits per heavy atom. The number of hydrogen-bond donors (Lipinski definition) is 1. The predicted octanol–water partition coefficient (Wildman–Crippen LogP) is 2.81. The van der Waals surface area contributed by atoms with Gasteiger partial charge >= 0.3 is 0 Å². The van der Waals surface area contributed by atoms with E-state index in [0.29, 0.717) is 0 Å². The molecule has 0 aromatic heterocycles. The van der Waals surface area contributed by atoms with E-state index in [1.807, 2.05) is 0 Å². The third-order valence-electron chi connectivity index (χ3n) is 8.37. The normalized spacial score (nSPS) is 25.4. The molecular weight excluding hydrogens is 442 g/mol. The number of nitrogens with two attached hydrogens (primary N) is 1. The minimum Gasteiger partial charge on any atom is -0.327 e. The molecule has 1 heterocycles. The van der Waals surface area contributed by atoms with Crippen LogP contribution in [0.15, 0.2) is 29.2 Å². The van der Waals surface area contributed by atoms with Crippen LogP contribution in [0, 0.1) is 16.7 Å². The molecular formula is C24H33N3O5S. The van der Waals surface area contributed by atoms with Crippen molar-refractivity contribution in [1.82, 2.24) is 4.90 Å². The van der Waals surface area contributed by atoms with Gasteiger partial charge in [0.1, 0.15) is 6.04 Å². The molecule has 1 aromatic carbocycles. The Hall–Kier alpha value is -2.26. The average Bonchev–Trinajstić information content (AvgIpc) is 2.97. The molecule has 1 saturated heterocycles. The minimum absolute atomic E-state index is 0.0329. The molecule has 1 unspecified atom stereocenters. The predicted molar refractivity (Wildman–Crippen MR) is 123 cm³/mol. The molecule has 8 nitrogen and oxygen atoms in total. The van der Waals surface area contributed by atoms with Crippen LogP contribution in [0.3, 0.4) is 0 Å². The maximum absolute atomic E-state index is 13.8. The Labute approximate surface area is 195 Å². The van der Waals surface area contributed by atoms with E-state index in [9.17, 15) is 22.8 Å². The highest BCUT2D eigenvalue weighted by atomic mass is 32.2. The number of sulfonamides is 1. The summed E-state index contributed by atoms with van der Waals surface area (Å²) in [6.45, 7) is 8.32. The molecule has 3 aliphatic rings. The second kappa shape index (κ2) is 7.91. The van der Waals surface area contributed by atoms with Gasteiger partial charge in [0, 0.05) is 12.0 Å². The first kappa shape index (κ1) is 23.9. The summed E-state index contributed by atoms with van der Waals surface area (Å²) >= 11 is 0. The molecule has 0 radical (unpaired) electrons. The first-order valence-electron chi connectivity index (χ1n) is 11.6. The van der Waals surface area contributed by atoms with Gasteiger partial charge in [-0.05, 0) is 47.9 Å². The third-order valence-corrected chi connectivity index (χ3v) is 9.30. The second-order valence-electron chi connectivity index (χ2n) is 10.7. The van der Waals surface area contributed by atoms with E-state index >= 15 is 0 Å². The van der Waals surface area contributed by atoms with E-state index in [1.54, 1.807) is 4.90 Å². The van der Waals surface area contributed by atoms with Crippen molar-refractivity contribution in [3.63, 3.8) is 0 Å². The molecule has 0 bridgehead atoms. The third kappa shape index (κ3) is 3.89. The Morgan fingerprint density at radius 3 is 2.03 bits per heavy atom. The largest absolute Gasteiger partial charge is 0.327 e. The Bertz CT molecular complexity index is 1070. The zero-order valence-corrected chi connectivity index (χ0v) is 20.5. The maximum atomic E-state index is 13.8. The standard InChI is InChI=1S/C24H33N3O5S/c1-23(2)20(24(23,3)4)22(30)26(15-8-6-5-7-9-15)18-14-19(28)27(21(18)29)16-10-12-17(13-11-16)33(25,31)32/h10-13,15,18,20H,5-9,14H2,1-4H3,(H2,25,31,32). The van der Waals surface area contributed by atoms with Crippen LogP contribution in [0.25, 0.3) is 0 Å². The Balaban J connectivity index is 1.65. The smallest absolute Gasteiger partial charge is 0.257 e. The second-order valence-corrected chi connectivity index (χ2v) is 12.3. The number of benzene rings is 1. The van der Waals surface area contributed by atoms with Crippen LogP contribution in [0.5, 0.6) is 0 Å². The molecule has 2 aliphatic carbocycles. The maximum Gasteiger partial charge on any atom is 0.257 e. The fourth-order valence-electron chi connectivity index (χ4n) is 5.80. The van der Waals surface area contributed by atoms with Crippen molar-refractivity contribution in [3.05, 3.63) is 24.3 Å². The molecule has 1 atom stereocenters. The van der Waals surface area contributed by atoms with E-state index in [2.05, 4.69) is 27.7 Å². The Kier molecular flexibility index (Phi) is 5.72. The highest BCUT2D eigenvalue weighted by molar-refractivity contribution is 7.89. The summed E-state index contributed by atoms with van der Waals surface area (Å²) in [5.74, 6) is -1.05. The summed E-state index contributed by atoms with van der Waals surface area (Å²) in [5.41, 5.74) is -0.0688. The summed E-state index contributed by atoms with van der Waals surface area (Å²) in [6, 6.07) is 4.47. The van der Waals surface area contributed by atoms with Gasteiger partial charge in [-0.25, -0.2) is 18.5 Å². The number of rotatable bonds is 5. The van der Waals surface area contributed by atoms with Gasteiger partial charge in [-0.15, -0.1) is 0 Å². The van der Waals surface area contributed by atoms with Crippen molar-refractivity contribution in [2.24, 2.45) is 21.9 Å². The average molecular weight is 476 g/mol. The van der Waals surface area contributed by atoms with Crippen molar-refractivity contribution in [1.29, 1.82) is 0 Å². The molecule has 33 heavy (non-hydrogen) atoms. The number of carbonyl (C=O) groups is 3. The van der Waals surface area contributed by atoms with E-state index in [-0.39, 0.29) is 45.7 Å². The van der Waals surface area contributed by atoms with Gasteiger partial charge in [0.2, 0.25) is 21.8 Å². The van der Waals surface area contributed by atoms with Crippen LogP contribution in [-0.2, 0) is 24.4 Å². The van der Waals surface area contributed by atoms with Crippen molar-refractivity contribution >= 4 is 33.4 Å². The van der Waals surface area contributed by atoms with Crippen molar-refractivity contribution in [3.8, 4) is 0 Å². The molecule has 9 heteroatoms.